The van der Waals surface area contributed by atoms with Crippen LogP contribution in [0, 0.1) is 20.2 Å². The summed E-state index contributed by atoms with van der Waals surface area (Å²) >= 11 is 0. The van der Waals surface area contributed by atoms with Crippen LogP contribution in [0.15, 0.2) is 48.5 Å². The van der Waals surface area contributed by atoms with Crippen LogP contribution < -0.4 is 20.4 Å². The number of nitro groups is 2. The molecule has 32 heavy (non-hydrogen) atoms. The van der Waals surface area contributed by atoms with Gasteiger partial charge in [-0.25, -0.2) is 0 Å². The predicted octanol–water partition coefficient (Wildman–Crippen LogP) is 1.06. The minimum Gasteiger partial charge on any atom is -0.310 e. The van der Waals surface area contributed by atoms with E-state index in [1.807, 2.05) is 0 Å². The summed E-state index contributed by atoms with van der Waals surface area (Å²) in [4.78, 5) is 46.5. The summed E-state index contributed by atoms with van der Waals surface area (Å²) in [5.74, 6) is -0.126. The van der Waals surface area contributed by atoms with Gasteiger partial charge in [0.25, 0.3) is 11.4 Å². The third-order valence-electron chi connectivity index (χ3n) is 4.88. The van der Waals surface area contributed by atoms with Gasteiger partial charge in [0.1, 0.15) is 0 Å². The van der Waals surface area contributed by atoms with Crippen molar-refractivity contribution in [1.29, 1.82) is 0 Å². The van der Waals surface area contributed by atoms with Gasteiger partial charge in [0.15, 0.2) is 0 Å². The Hall–Kier alpha value is -3.90. The molecule has 4 rings (SSSR count). The van der Waals surface area contributed by atoms with Gasteiger partial charge >= 0.3 is 0 Å². The molecule has 168 valence electrons. The van der Waals surface area contributed by atoms with Crippen LogP contribution in [0.25, 0.3) is 0 Å². The van der Waals surface area contributed by atoms with E-state index in [2.05, 4.69) is 10.6 Å². The Kier molecular flexibility index (Phi) is 7.41. The fourth-order valence-electron chi connectivity index (χ4n) is 3.31. The molecule has 0 radical (unpaired) electrons. The Morgan fingerprint density at radius 3 is 1.47 bits per heavy atom. The number of nitrogens with one attached hydrogen (secondary N) is 2. The maximum absolute atomic E-state index is 11.6. The molecule has 2 N–H and O–H groups in total. The summed E-state index contributed by atoms with van der Waals surface area (Å²) in [7, 11) is 0. The zero-order chi connectivity index (χ0) is 23.1. The van der Waals surface area contributed by atoms with Gasteiger partial charge in [-0.3, -0.25) is 29.8 Å². The first-order valence-corrected chi connectivity index (χ1v) is 9.88. The number of benzene rings is 2. The number of carbonyl (C=O) groups excluding carboxylic acids is 2. The number of hydrogen-bond acceptors (Lipinski definition) is 8. The number of nitrogens with zero attached hydrogens (tertiary/aromatic N) is 4. The number of hydrogen-bond donors (Lipinski definition) is 2. The fourth-order valence-corrected chi connectivity index (χ4v) is 3.31. The molecule has 0 atom stereocenters. The van der Waals surface area contributed by atoms with E-state index in [-0.39, 0.29) is 36.3 Å². The highest BCUT2D eigenvalue weighted by molar-refractivity contribution is 5.96. The Balaban J connectivity index is 0.000000181. The molecule has 2 aliphatic rings. The van der Waals surface area contributed by atoms with Gasteiger partial charge in [-0.15, -0.1) is 0 Å². The fraction of sp³-hybridized carbons (Fsp3) is 0.300. The highest BCUT2D eigenvalue weighted by Crippen LogP contribution is 2.22. The van der Waals surface area contributed by atoms with Crippen LogP contribution in [0.2, 0.25) is 0 Å². The van der Waals surface area contributed by atoms with Crippen LogP contribution in [-0.2, 0) is 9.59 Å². The molecule has 2 fully saturated rings. The Labute approximate surface area is 183 Å². The van der Waals surface area contributed by atoms with Crippen LogP contribution in [0.3, 0.4) is 0 Å². The Morgan fingerprint density at radius 1 is 0.719 bits per heavy atom. The summed E-state index contributed by atoms with van der Waals surface area (Å²) in [5, 5.41) is 27.1. The van der Waals surface area contributed by atoms with Gasteiger partial charge in [-0.1, -0.05) is 12.1 Å². The van der Waals surface area contributed by atoms with Crippen molar-refractivity contribution in [2.45, 2.75) is 0 Å². The van der Waals surface area contributed by atoms with Gasteiger partial charge in [-0.05, 0) is 12.1 Å². The van der Waals surface area contributed by atoms with Crippen molar-refractivity contribution in [2.75, 3.05) is 49.1 Å². The van der Waals surface area contributed by atoms with Crippen molar-refractivity contribution in [3.63, 3.8) is 0 Å². The van der Waals surface area contributed by atoms with Crippen molar-refractivity contribution >= 4 is 34.6 Å². The first-order valence-electron chi connectivity index (χ1n) is 9.88. The second-order valence-corrected chi connectivity index (χ2v) is 7.00. The molecular formula is C20H22N6O6. The highest BCUT2D eigenvalue weighted by Gasteiger charge is 2.21. The van der Waals surface area contributed by atoms with E-state index in [1.54, 1.807) is 34.1 Å². The molecule has 2 saturated heterocycles. The van der Waals surface area contributed by atoms with Gasteiger partial charge in [-0.2, -0.15) is 0 Å². The van der Waals surface area contributed by atoms with Crippen molar-refractivity contribution in [3.8, 4) is 0 Å². The molecule has 12 heteroatoms. The maximum atomic E-state index is 11.6. The molecule has 0 aromatic heterocycles. The lowest BCUT2D eigenvalue weighted by Crippen LogP contribution is -2.48. The monoisotopic (exact) mass is 442 g/mol. The smallest absolute Gasteiger partial charge is 0.271 e. The summed E-state index contributed by atoms with van der Waals surface area (Å²) in [5.41, 5.74) is 1.18. The van der Waals surface area contributed by atoms with E-state index < -0.39 is 9.85 Å². The lowest BCUT2D eigenvalue weighted by atomic mass is 10.2. The Bertz CT molecular complexity index is 948. The lowest BCUT2D eigenvalue weighted by molar-refractivity contribution is -0.385. The summed E-state index contributed by atoms with van der Waals surface area (Å²) in [6.45, 7) is 3.05. The number of rotatable bonds is 4. The first kappa shape index (κ1) is 22.8. The van der Waals surface area contributed by atoms with Gasteiger partial charge < -0.3 is 20.4 Å². The molecule has 0 spiro atoms. The quantitative estimate of drug-likeness (QED) is 0.527. The van der Waals surface area contributed by atoms with Crippen molar-refractivity contribution < 1.29 is 19.4 Å². The van der Waals surface area contributed by atoms with Gasteiger partial charge in [0.2, 0.25) is 11.8 Å². The largest absolute Gasteiger partial charge is 0.310 e. The number of non-ortho nitro benzene ring substituents is 2. The van der Waals surface area contributed by atoms with E-state index in [9.17, 15) is 29.8 Å². The topological polar surface area (TPSA) is 151 Å². The van der Waals surface area contributed by atoms with Crippen molar-refractivity contribution in [3.05, 3.63) is 68.8 Å². The number of piperazine rings is 2. The molecular weight excluding hydrogens is 420 g/mol. The van der Waals surface area contributed by atoms with Gasteiger partial charge in [0, 0.05) is 50.4 Å². The normalized spacial score (nSPS) is 16.2. The molecule has 2 aliphatic heterocycles. The average molecular weight is 442 g/mol. The second kappa shape index (κ2) is 10.4. The zero-order valence-corrected chi connectivity index (χ0v) is 17.1. The van der Waals surface area contributed by atoms with Crippen molar-refractivity contribution in [2.24, 2.45) is 0 Å². The molecule has 0 bridgehead atoms. The summed E-state index contributed by atoms with van der Waals surface area (Å²) in [6, 6.07) is 12.2. The number of anilines is 2. The maximum Gasteiger partial charge on any atom is 0.271 e. The molecule has 0 unspecified atom stereocenters. The van der Waals surface area contributed by atoms with Crippen LogP contribution in [-0.4, -0.2) is 60.9 Å². The van der Waals surface area contributed by atoms with E-state index in [0.717, 1.165) is 0 Å². The van der Waals surface area contributed by atoms with E-state index in [1.165, 1.54) is 24.3 Å². The lowest BCUT2D eigenvalue weighted by Gasteiger charge is -2.27. The SMILES string of the molecule is O=C1CNCCN1c1cccc([N+](=O)[O-])c1.O=C1CNCCN1c1cccc([N+](=O)[O-])c1. The van der Waals surface area contributed by atoms with E-state index >= 15 is 0 Å². The molecule has 2 aromatic rings. The van der Waals surface area contributed by atoms with Crippen LogP contribution in [0.1, 0.15) is 0 Å². The highest BCUT2D eigenvalue weighted by atomic mass is 16.6. The van der Waals surface area contributed by atoms with Crippen LogP contribution in [0.5, 0.6) is 0 Å². The number of nitro benzene ring substituents is 2. The Morgan fingerprint density at radius 2 is 1.12 bits per heavy atom. The second-order valence-electron chi connectivity index (χ2n) is 7.00. The minimum absolute atomic E-state index is 0.00355. The molecule has 2 amide bonds. The molecule has 0 saturated carbocycles. The van der Waals surface area contributed by atoms with Crippen molar-refractivity contribution in [1.82, 2.24) is 10.6 Å². The zero-order valence-electron chi connectivity index (χ0n) is 17.1. The van der Waals surface area contributed by atoms with E-state index in [0.29, 0.717) is 37.6 Å². The number of amides is 2. The average Bonchev–Trinajstić information content (AvgIpc) is 2.80. The molecule has 12 nitrogen and oxygen atoms in total. The molecule has 0 aliphatic carbocycles. The third kappa shape index (κ3) is 5.62. The molecule has 2 heterocycles. The third-order valence-corrected chi connectivity index (χ3v) is 4.88. The van der Waals surface area contributed by atoms with E-state index in [4.69, 9.17) is 0 Å². The van der Waals surface area contributed by atoms with Crippen LogP contribution >= 0.6 is 0 Å². The number of carbonyl (C=O) groups is 2. The predicted molar refractivity (Wildman–Crippen MR) is 117 cm³/mol. The van der Waals surface area contributed by atoms with Crippen LogP contribution in [0.4, 0.5) is 22.7 Å². The standard InChI is InChI=1S/2C10H11N3O3/c2*14-10-7-11-4-5-12(10)8-2-1-3-9(6-8)13(15)16/h2*1-3,6,11H,4-5,7H2. The van der Waals surface area contributed by atoms with Gasteiger partial charge in [0.05, 0.1) is 34.3 Å². The summed E-state index contributed by atoms with van der Waals surface area (Å²) < 4.78 is 0. The minimum atomic E-state index is -0.462. The molecule has 2 aromatic carbocycles. The summed E-state index contributed by atoms with van der Waals surface area (Å²) in [6.07, 6.45) is 0. The first-order chi connectivity index (χ1) is 15.4.